The minimum Gasteiger partial charge on any atom is -0.496 e. The van der Waals surface area contributed by atoms with Crippen LogP contribution in [0.5, 0.6) is 17.2 Å². The van der Waals surface area contributed by atoms with Crippen molar-refractivity contribution in [3.63, 3.8) is 0 Å². The van der Waals surface area contributed by atoms with E-state index in [1.54, 1.807) is 14.2 Å². The van der Waals surface area contributed by atoms with E-state index in [-0.39, 0.29) is 25.1 Å². The average Bonchev–Trinajstić information content (AvgIpc) is 2.99. The number of rotatable bonds is 12. The zero-order chi connectivity index (χ0) is 27.9. The summed E-state index contributed by atoms with van der Waals surface area (Å²) in [5, 5.41) is 1.78. The molecule has 6 nitrogen and oxygen atoms in total. The molecule has 0 spiro atoms. The molecule has 0 radical (unpaired) electrons. The Morgan fingerprint density at radius 3 is 2.08 bits per heavy atom. The van der Waals surface area contributed by atoms with Crippen LogP contribution in [0.3, 0.4) is 0 Å². The molecular formula is C34H38O6. The lowest BCUT2D eigenvalue weighted by molar-refractivity contribution is -0.154. The summed E-state index contributed by atoms with van der Waals surface area (Å²) in [4.78, 5) is 0. The van der Waals surface area contributed by atoms with Gasteiger partial charge in [0.1, 0.15) is 43.4 Å². The predicted molar refractivity (Wildman–Crippen MR) is 156 cm³/mol. The molecule has 5 rings (SSSR count). The fraction of sp³-hybridized carbons (Fsp3) is 0.353. The first-order valence-electron chi connectivity index (χ1n) is 13.9. The van der Waals surface area contributed by atoms with E-state index in [0.717, 1.165) is 63.1 Å². The number of fused-ring (bicyclic) bond motifs is 2. The number of benzene rings is 4. The van der Waals surface area contributed by atoms with Crippen molar-refractivity contribution in [1.29, 1.82) is 0 Å². The topological polar surface area (TPSA) is 55.4 Å². The fourth-order valence-corrected chi connectivity index (χ4v) is 5.43. The highest BCUT2D eigenvalue weighted by Gasteiger charge is 2.38. The number of hydrogen-bond donors (Lipinski definition) is 0. The van der Waals surface area contributed by atoms with Crippen LogP contribution in [-0.4, -0.2) is 27.1 Å². The minimum absolute atomic E-state index is 0.152. The van der Waals surface area contributed by atoms with Crippen molar-refractivity contribution >= 4 is 10.8 Å². The smallest absolute Gasteiger partial charge is 0.147 e. The van der Waals surface area contributed by atoms with Crippen molar-refractivity contribution in [2.45, 2.75) is 58.2 Å². The van der Waals surface area contributed by atoms with Gasteiger partial charge in [0.2, 0.25) is 0 Å². The summed E-state index contributed by atoms with van der Waals surface area (Å²) in [7, 11) is 3.32. The Bertz CT molecular complexity index is 1390. The maximum absolute atomic E-state index is 6.76. The lowest BCUT2D eigenvalue weighted by Gasteiger charge is -2.38. The SMILES string of the molecule is CCC[C@H]1O[C@H](C)[C@@H](OCOC)c2cc3c(OC)ccc(OCc4ccccc4)c3c(OCc3ccccc3)c21. The van der Waals surface area contributed by atoms with Crippen LogP contribution in [0.4, 0.5) is 0 Å². The van der Waals surface area contributed by atoms with E-state index in [2.05, 4.69) is 44.2 Å². The van der Waals surface area contributed by atoms with E-state index in [0.29, 0.717) is 13.2 Å². The van der Waals surface area contributed by atoms with Crippen molar-refractivity contribution in [1.82, 2.24) is 0 Å². The molecule has 1 aliphatic rings. The molecule has 0 saturated carbocycles. The monoisotopic (exact) mass is 542 g/mol. The first-order valence-corrected chi connectivity index (χ1v) is 13.9. The first-order chi connectivity index (χ1) is 19.6. The molecule has 3 atom stereocenters. The van der Waals surface area contributed by atoms with Gasteiger partial charge in [-0.05, 0) is 48.2 Å². The highest BCUT2D eigenvalue weighted by Crippen LogP contribution is 2.52. The highest BCUT2D eigenvalue weighted by molar-refractivity contribution is 6.00. The normalized spacial score (nSPS) is 18.4. The molecule has 0 aromatic heterocycles. The van der Waals surface area contributed by atoms with Crippen molar-refractivity contribution < 1.29 is 28.4 Å². The Kier molecular flexibility index (Phi) is 9.22. The van der Waals surface area contributed by atoms with Crippen molar-refractivity contribution in [2.24, 2.45) is 0 Å². The molecule has 0 N–H and O–H groups in total. The second-order valence-electron chi connectivity index (χ2n) is 10.1. The quantitative estimate of drug-likeness (QED) is 0.170. The van der Waals surface area contributed by atoms with Gasteiger partial charge in [0.15, 0.2) is 0 Å². The summed E-state index contributed by atoms with van der Waals surface area (Å²) in [6.45, 7) is 5.22. The van der Waals surface area contributed by atoms with Gasteiger partial charge < -0.3 is 28.4 Å². The zero-order valence-corrected chi connectivity index (χ0v) is 23.7. The van der Waals surface area contributed by atoms with Gasteiger partial charge in [0.05, 0.1) is 24.7 Å². The van der Waals surface area contributed by atoms with E-state index in [9.17, 15) is 0 Å². The Balaban J connectivity index is 1.72. The molecule has 210 valence electrons. The van der Waals surface area contributed by atoms with Crippen LogP contribution in [-0.2, 0) is 27.4 Å². The van der Waals surface area contributed by atoms with Gasteiger partial charge in [-0.2, -0.15) is 0 Å². The Hall–Kier alpha value is -3.58. The molecule has 1 aliphatic heterocycles. The van der Waals surface area contributed by atoms with Crippen molar-refractivity contribution in [3.8, 4) is 17.2 Å². The Morgan fingerprint density at radius 2 is 1.45 bits per heavy atom. The molecule has 1 heterocycles. The molecule has 0 fully saturated rings. The third-order valence-electron chi connectivity index (χ3n) is 7.28. The summed E-state index contributed by atoms with van der Waals surface area (Å²) in [5.74, 6) is 2.22. The summed E-state index contributed by atoms with van der Waals surface area (Å²) in [5.41, 5.74) is 4.20. The Morgan fingerprint density at radius 1 is 0.800 bits per heavy atom. The lowest BCUT2D eigenvalue weighted by atomic mass is 9.86. The molecule has 0 bridgehead atoms. The number of ether oxygens (including phenoxy) is 6. The lowest BCUT2D eigenvalue weighted by Crippen LogP contribution is -2.31. The average molecular weight is 543 g/mol. The third kappa shape index (κ3) is 5.94. The van der Waals surface area contributed by atoms with Crippen LogP contribution in [0.15, 0.2) is 78.9 Å². The second kappa shape index (κ2) is 13.2. The molecule has 6 heteroatoms. The molecule has 4 aromatic rings. The van der Waals surface area contributed by atoms with Crippen LogP contribution < -0.4 is 14.2 Å². The van der Waals surface area contributed by atoms with E-state index in [1.165, 1.54) is 0 Å². The largest absolute Gasteiger partial charge is 0.496 e. The second-order valence-corrected chi connectivity index (χ2v) is 10.1. The highest BCUT2D eigenvalue weighted by atomic mass is 16.7. The van der Waals surface area contributed by atoms with Gasteiger partial charge >= 0.3 is 0 Å². The van der Waals surface area contributed by atoms with Crippen LogP contribution in [0.2, 0.25) is 0 Å². The van der Waals surface area contributed by atoms with Crippen molar-refractivity contribution in [2.75, 3.05) is 21.0 Å². The van der Waals surface area contributed by atoms with Crippen LogP contribution in [0.25, 0.3) is 10.8 Å². The summed E-state index contributed by atoms with van der Waals surface area (Å²) < 4.78 is 37.2. The van der Waals surface area contributed by atoms with Gasteiger partial charge in [0.25, 0.3) is 0 Å². The predicted octanol–water partition coefficient (Wildman–Crippen LogP) is 7.93. The molecule has 0 unspecified atom stereocenters. The Labute approximate surface area is 236 Å². The van der Waals surface area contributed by atoms with Gasteiger partial charge in [0, 0.05) is 18.1 Å². The van der Waals surface area contributed by atoms with Crippen LogP contribution in [0.1, 0.15) is 61.2 Å². The van der Waals surface area contributed by atoms with E-state index in [4.69, 9.17) is 28.4 Å². The first kappa shape index (κ1) is 28.0. The standard InChI is InChI=1S/C34H38O6/c1-5-12-30-32-27(33(23(2)40-30)39-22-35-3)19-26-28(36-4)17-18-29(37-20-24-13-8-6-9-14-24)31(26)34(32)38-21-25-15-10-7-11-16-25/h6-11,13-19,23,30,33H,5,12,20-22H2,1-4H3/t23-,30-,33-/m1/s1. The molecule has 0 saturated heterocycles. The van der Waals surface area contributed by atoms with Gasteiger partial charge in [-0.1, -0.05) is 74.0 Å². The maximum Gasteiger partial charge on any atom is 0.147 e. The zero-order valence-electron chi connectivity index (χ0n) is 23.7. The number of methoxy groups -OCH3 is 2. The minimum atomic E-state index is -0.329. The summed E-state index contributed by atoms with van der Waals surface area (Å²) >= 11 is 0. The molecule has 4 aromatic carbocycles. The molecule has 0 amide bonds. The van der Waals surface area contributed by atoms with Gasteiger partial charge in [-0.15, -0.1) is 0 Å². The fourth-order valence-electron chi connectivity index (χ4n) is 5.43. The van der Waals surface area contributed by atoms with E-state index < -0.39 is 0 Å². The van der Waals surface area contributed by atoms with E-state index in [1.807, 2.05) is 48.5 Å². The summed E-state index contributed by atoms with van der Waals surface area (Å²) in [6, 6.07) is 26.4. The molecule has 0 aliphatic carbocycles. The van der Waals surface area contributed by atoms with Gasteiger partial charge in [-0.3, -0.25) is 0 Å². The van der Waals surface area contributed by atoms with Gasteiger partial charge in [-0.25, -0.2) is 0 Å². The van der Waals surface area contributed by atoms with Crippen LogP contribution >= 0.6 is 0 Å². The number of hydrogen-bond acceptors (Lipinski definition) is 6. The molecule has 40 heavy (non-hydrogen) atoms. The third-order valence-corrected chi connectivity index (χ3v) is 7.28. The van der Waals surface area contributed by atoms with Crippen molar-refractivity contribution in [3.05, 3.63) is 101 Å². The van der Waals surface area contributed by atoms with E-state index >= 15 is 0 Å². The maximum atomic E-state index is 6.76. The summed E-state index contributed by atoms with van der Waals surface area (Å²) in [6.07, 6.45) is 1.17. The molecular weight excluding hydrogens is 504 g/mol. The van der Waals surface area contributed by atoms with Crippen LogP contribution in [0, 0.1) is 0 Å².